The highest BCUT2D eigenvalue weighted by Gasteiger charge is 2.10. The molecule has 1 amide bonds. The first-order chi connectivity index (χ1) is 10.6. The molecule has 0 heterocycles. The van der Waals surface area contributed by atoms with Gasteiger partial charge < -0.3 is 19.1 Å². The number of amides is 1. The van der Waals surface area contributed by atoms with E-state index >= 15 is 0 Å². The summed E-state index contributed by atoms with van der Waals surface area (Å²) in [4.78, 5) is 24.4. The Hall–Kier alpha value is -2.24. The van der Waals surface area contributed by atoms with E-state index in [9.17, 15) is 9.59 Å². The summed E-state index contributed by atoms with van der Waals surface area (Å²) in [6.07, 6.45) is 1.21. The van der Waals surface area contributed by atoms with Gasteiger partial charge in [-0.2, -0.15) is 0 Å². The zero-order chi connectivity index (χ0) is 16.4. The zero-order valence-corrected chi connectivity index (χ0v) is 13.3. The molecule has 122 valence electrons. The summed E-state index contributed by atoms with van der Waals surface area (Å²) in [6.45, 7) is 0.827. The van der Waals surface area contributed by atoms with Crippen LogP contribution < -0.4 is 9.47 Å². The molecule has 22 heavy (non-hydrogen) atoms. The lowest BCUT2D eigenvalue weighted by molar-refractivity contribution is -0.141. The summed E-state index contributed by atoms with van der Waals surface area (Å²) < 4.78 is 15.2. The predicted molar refractivity (Wildman–Crippen MR) is 82.0 cm³/mol. The van der Waals surface area contributed by atoms with Crippen LogP contribution in [0.5, 0.6) is 11.5 Å². The van der Waals surface area contributed by atoms with E-state index < -0.39 is 0 Å². The van der Waals surface area contributed by atoms with Crippen LogP contribution in [0.25, 0.3) is 0 Å². The Labute approximate surface area is 131 Å². The lowest BCUT2D eigenvalue weighted by atomic mass is 10.2. The van der Waals surface area contributed by atoms with Crippen LogP contribution in [-0.2, 0) is 14.3 Å². The molecule has 0 saturated heterocycles. The van der Waals surface area contributed by atoms with E-state index in [1.807, 2.05) is 24.3 Å². The van der Waals surface area contributed by atoms with Crippen molar-refractivity contribution in [2.45, 2.75) is 19.3 Å². The third-order valence-electron chi connectivity index (χ3n) is 3.17. The summed E-state index contributed by atoms with van der Waals surface area (Å²) in [5.41, 5.74) is 0. The number of rotatable bonds is 9. The van der Waals surface area contributed by atoms with Gasteiger partial charge in [0, 0.05) is 20.0 Å². The number of hydrogen-bond acceptors (Lipinski definition) is 5. The Bertz CT molecular complexity index is 472. The first-order valence-electron chi connectivity index (χ1n) is 7.14. The Morgan fingerprint density at radius 3 is 2.27 bits per heavy atom. The molecule has 1 aromatic rings. The Morgan fingerprint density at radius 2 is 1.68 bits per heavy atom. The molecule has 0 radical (unpaired) electrons. The van der Waals surface area contributed by atoms with Crippen molar-refractivity contribution >= 4 is 11.9 Å². The molecule has 0 spiro atoms. The highest BCUT2D eigenvalue weighted by atomic mass is 16.5. The number of esters is 1. The fourth-order valence-electron chi connectivity index (χ4n) is 1.76. The normalized spacial score (nSPS) is 9.95. The van der Waals surface area contributed by atoms with E-state index in [1.165, 1.54) is 12.0 Å². The highest BCUT2D eigenvalue weighted by Crippen LogP contribution is 2.17. The van der Waals surface area contributed by atoms with Crippen LogP contribution in [0.4, 0.5) is 0 Å². The molecule has 6 heteroatoms. The van der Waals surface area contributed by atoms with Crippen LogP contribution in [0.1, 0.15) is 19.3 Å². The van der Waals surface area contributed by atoms with Crippen molar-refractivity contribution in [1.82, 2.24) is 4.90 Å². The maximum Gasteiger partial charge on any atom is 0.307 e. The van der Waals surface area contributed by atoms with Crippen molar-refractivity contribution in [3.63, 3.8) is 0 Å². The molecule has 6 nitrogen and oxygen atoms in total. The Balaban J connectivity index is 2.19. The fourth-order valence-corrected chi connectivity index (χ4v) is 1.76. The molecular weight excluding hydrogens is 286 g/mol. The summed E-state index contributed by atoms with van der Waals surface area (Å²) in [5, 5.41) is 0. The fraction of sp³-hybridized carbons (Fsp3) is 0.500. The van der Waals surface area contributed by atoms with Crippen LogP contribution in [0, 0.1) is 0 Å². The second-order valence-electron chi connectivity index (χ2n) is 4.77. The summed E-state index contributed by atoms with van der Waals surface area (Å²) in [5.74, 6) is 1.19. The van der Waals surface area contributed by atoms with E-state index in [4.69, 9.17) is 9.47 Å². The van der Waals surface area contributed by atoms with Gasteiger partial charge in [0.05, 0.1) is 27.2 Å². The van der Waals surface area contributed by atoms with Gasteiger partial charge in [0.1, 0.15) is 11.5 Å². The van der Waals surface area contributed by atoms with E-state index in [0.717, 1.165) is 11.5 Å². The third kappa shape index (κ3) is 6.47. The van der Waals surface area contributed by atoms with Crippen LogP contribution in [0.15, 0.2) is 24.3 Å². The van der Waals surface area contributed by atoms with E-state index in [0.29, 0.717) is 26.0 Å². The van der Waals surface area contributed by atoms with Crippen molar-refractivity contribution in [2.75, 3.05) is 34.4 Å². The molecule has 1 aromatic carbocycles. The molecule has 0 aliphatic heterocycles. The zero-order valence-electron chi connectivity index (χ0n) is 13.3. The average Bonchev–Trinajstić information content (AvgIpc) is 2.56. The summed E-state index contributed by atoms with van der Waals surface area (Å²) in [6, 6.07) is 7.29. The van der Waals surface area contributed by atoms with Crippen molar-refractivity contribution < 1.29 is 23.8 Å². The summed E-state index contributed by atoms with van der Waals surface area (Å²) >= 11 is 0. The number of nitrogens with zero attached hydrogens (tertiary/aromatic N) is 1. The van der Waals surface area contributed by atoms with Gasteiger partial charge in [-0.15, -0.1) is 0 Å². The second-order valence-corrected chi connectivity index (χ2v) is 4.77. The second kappa shape index (κ2) is 9.65. The predicted octanol–water partition coefficient (Wildman–Crippen LogP) is 1.88. The van der Waals surface area contributed by atoms with Gasteiger partial charge in [-0.1, -0.05) is 0 Å². The highest BCUT2D eigenvalue weighted by molar-refractivity contribution is 5.77. The largest absolute Gasteiger partial charge is 0.497 e. The molecule has 0 aliphatic rings. The molecule has 0 unspecified atom stereocenters. The quantitative estimate of drug-likeness (QED) is 0.515. The van der Waals surface area contributed by atoms with Crippen molar-refractivity contribution in [1.29, 1.82) is 0 Å². The van der Waals surface area contributed by atoms with Gasteiger partial charge >= 0.3 is 5.97 Å². The molecule has 0 saturated carbocycles. The number of methoxy groups -OCH3 is 2. The van der Waals surface area contributed by atoms with E-state index in [-0.39, 0.29) is 18.3 Å². The molecular formula is C16H23NO5. The van der Waals surface area contributed by atoms with E-state index in [2.05, 4.69) is 4.74 Å². The molecule has 0 N–H and O–H groups in total. The molecule has 0 aromatic heterocycles. The summed E-state index contributed by atoms with van der Waals surface area (Å²) in [7, 11) is 4.62. The number of ether oxygens (including phenoxy) is 3. The molecule has 0 aliphatic carbocycles. The SMILES string of the molecule is COC(=O)CCN(C)C(=O)CCCOc1ccc(OC)cc1. The minimum atomic E-state index is -0.317. The maximum absolute atomic E-state index is 11.8. The van der Waals surface area contributed by atoms with Crippen molar-refractivity contribution in [3.8, 4) is 11.5 Å². The number of benzene rings is 1. The molecule has 1 rings (SSSR count). The van der Waals surface area contributed by atoms with Crippen LogP contribution in [0.3, 0.4) is 0 Å². The maximum atomic E-state index is 11.8. The first-order valence-corrected chi connectivity index (χ1v) is 7.14. The monoisotopic (exact) mass is 309 g/mol. The number of hydrogen-bond donors (Lipinski definition) is 0. The van der Waals surface area contributed by atoms with Crippen LogP contribution >= 0.6 is 0 Å². The van der Waals surface area contributed by atoms with Gasteiger partial charge in [0.25, 0.3) is 0 Å². The number of carbonyl (C=O) groups is 2. The molecule has 0 fully saturated rings. The first kappa shape index (κ1) is 17.8. The third-order valence-corrected chi connectivity index (χ3v) is 3.17. The topological polar surface area (TPSA) is 65.1 Å². The van der Waals surface area contributed by atoms with Gasteiger partial charge in [0.15, 0.2) is 0 Å². The Morgan fingerprint density at radius 1 is 1.05 bits per heavy atom. The molecule has 0 bridgehead atoms. The van der Waals surface area contributed by atoms with Gasteiger partial charge in [-0.05, 0) is 30.7 Å². The number of carbonyl (C=O) groups excluding carboxylic acids is 2. The van der Waals surface area contributed by atoms with Crippen LogP contribution in [-0.4, -0.2) is 51.2 Å². The lowest BCUT2D eigenvalue weighted by Crippen LogP contribution is -2.29. The lowest BCUT2D eigenvalue weighted by Gasteiger charge is -2.16. The molecule has 0 atom stereocenters. The minimum Gasteiger partial charge on any atom is -0.497 e. The Kier molecular flexibility index (Phi) is 7.81. The van der Waals surface area contributed by atoms with E-state index in [1.54, 1.807) is 14.2 Å². The van der Waals surface area contributed by atoms with Crippen LogP contribution in [0.2, 0.25) is 0 Å². The van der Waals surface area contributed by atoms with Gasteiger partial charge in [0.2, 0.25) is 5.91 Å². The smallest absolute Gasteiger partial charge is 0.307 e. The standard InChI is InChI=1S/C16H23NO5/c1-17(11-10-16(19)21-3)15(18)5-4-12-22-14-8-6-13(20-2)7-9-14/h6-9H,4-5,10-12H2,1-3H3. The van der Waals surface area contributed by atoms with Gasteiger partial charge in [-0.3, -0.25) is 9.59 Å². The minimum absolute atomic E-state index is 0.0118. The average molecular weight is 309 g/mol. The van der Waals surface area contributed by atoms with Crippen molar-refractivity contribution in [2.24, 2.45) is 0 Å². The van der Waals surface area contributed by atoms with Gasteiger partial charge in [-0.25, -0.2) is 0 Å². The van der Waals surface area contributed by atoms with Crippen molar-refractivity contribution in [3.05, 3.63) is 24.3 Å².